The lowest BCUT2D eigenvalue weighted by molar-refractivity contribution is -0.194. The van der Waals surface area contributed by atoms with Crippen LogP contribution in [0.5, 0.6) is 5.75 Å². The Morgan fingerprint density at radius 1 is 0.590 bits per heavy atom. The number of carbonyl (C=O) groups excluding carboxylic acids is 9. The Labute approximate surface area is 803 Å². The van der Waals surface area contributed by atoms with Gasteiger partial charge in [0.25, 0.3) is 5.91 Å². The molecule has 0 aliphatic carbocycles. The minimum absolute atomic E-state index is 0.00539. The SMILES string of the molecule is CCC(CO)OC(CO)OC.CCC(CO)OC(COC(=O)CCCC(=O)NCCSSc1ccccn1)OC.CCC(CO)OC(COC(=O)CCCC(=O)O)OC.CCCO[C@H](C[C@H](C(C)C)N(CCC)C(=O)[C@@H](NC(=O)[C@H]1CCCCN1C)[C@@H](C)CC)c1nc(C(=O)N[C@@H](Cc2ccc(O)cc2)C[C@H](C)C(=O)OCCNC(=O)CCCC(=O)OCC(OC)OC(CC)CO)cs1. The third-order valence-corrected chi connectivity index (χ3v) is 24.4. The van der Waals surface area contributed by atoms with Crippen molar-refractivity contribution in [2.75, 3.05) is 133 Å². The number of carboxylic acid groups (broad SMARTS) is 1. The number of methoxy groups -OCH3 is 4. The number of esters is 4. The Kier molecular flexibility index (Phi) is 71.2. The summed E-state index contributed by atoms with van der Waals surface area (Å²) in [5, 5.41) is 78.2. The quantitative estimate of drug-likeness (QED) is 0.00824. The molecule has 3 aromatic rings. The second kappa shape index (κ2) is 76.6. The van der Waals surface area contributed by atoms with Crippen molar-refractivity contribution in [1.29, 1.82) is 0 Å². The average molecular weight is 1960 g/mol. The molecule has 1 aromatic carbocycles. The van der Waals surface area contributed by atoms with Crippen molar-refractivity contribution < 1.29 is 145 Å². The number of likely N-dealkylation sites (tertiary alicyclic amines) is 1. The van der Waals surface area contributed by atoms with E-state index in [0.29, 0.717) is 82.5 Å². The molecular formula is C93H158N8O30S3. The number of carboxylic acids is 1. The maximum atomic E-state index is 14.8. The Hall–Kier alpha value is -7.40. The number of amides is 5. The van der Waals surface area contributed by atoms with Crippen molar-refractivity contribution in [3.05, 3.63) is 70.3 Å². The van der Waals surface area contributed by atoms with Crippen LogP contribution in [0.25, 0.3) is 0 Å². The average Bonchev–Trinajstić information content (AvgIpc) is 1.18. The van der Waals surface area contributed by atoms with Crippen LogP contribution < -0.4 is 21.3 Å². The molecule has 11 N–H and O–H groups in total. The van der Waals surface area contributed by atoms with Crippen LogP contribution in [0.2, 0.25) is 0 Å². The van der Waals surface area contributed by atoms with Crippen LogP contribution in [-0.2, 0) is 111 Å². The number of carbonyl (C=O) groups is 10. The molecule has 0 radical (unpaired) electrons. The molecule has 41 heteroatoms. The van der Waals surface area contributed by atoms with Gasteiger partial charge in [-0.2, -0.15) is 0 Å². The van der Waals surface area contributed by atoms with Crippen LogP contribution in [0.15, 0.2) is 59.1 Å². The van der Waals surface area contributed by atoms with Gasteiger partial charge in [0.05, 0.1) is 76.0 Å². The number of aromatic nitrogens is 2. The van der Waals surface area contributed by atoms with Crippen molar-refractivity contribution in [3.63, 3.8) is 0 Å². The molecular weight excluding hydrogens is 1810 g/mol. The molecule has 38 nitrogen and oxygen atoms in total. The third kappa shape index (κ3) is 55.3. The number of nitrogens with zero attached hydrogens (tertiary/aromatic N) is 4. The topological polar surface area (TPSA) is 513 Å². The van der Waals surface area contributed by atoms with Crippen molar-refractivity contribution in [3.8, 4) is 5.75 Å². The van der Waals surface area contributed by atoms with Crippen LogP contribution in [0.4, 0.5) is 0 Å². The Morgan fingerprint density at radius 3 is 1.55 bits per heavy atom. The largest absolute Gasteiger partial charge is 0.508 e. The van der Waals surface area contributed by atoms with Gasteiger partial charge in [-0.3, -0.25) is 52.8 Å². The van der Waals surface area contributed by atoms with E-state index < -0.39 is 91.1 Å². The summed E-state index contributed by atoms with van der Waals surface area (Å²) in [4.78, 5) is 139. The van der Waals surface area contributed by atoms with Gasteiger partial charge in [-0.1, -0.05) is 118 Å². The van der Waals surface area contributed by atoms with Gasteiger partial charge in [0.1, 0.15) is 60.1 Å². The molecule has 8 unspecified atom stereocenters. The Morgan fingerprint density at radius 2 is 1.10 bits per heavy atom. The number of phenolic OH excluding ortho intramolecular Hbond substituents is 1. The zero-order valence-electron chi connectivity index (χ0n) is 81.6. The van der Waals surface area contributed by atoms with Gasteiger partial charge in [0, 0.05) is 122 Å². The summed E-state index contributed by atoms with van der Waals surface area (Å²) in [7, 11) is 10.9. The minimum Gasteiger partial charge on any atom is -0.508 e. The summed E-state index contributed by atoms with van der Waals surface area (Å²) < 4.78 is 68.6. The Bertz CT molecular complexity index is 3620. The highest BCUT2D eigenvalue weighted by Crippen LogP contribution is 2.33. The van der Waals surface area contributed by atoms with Gasteiger partial charge in [-0.05, 0) is 150 Å². The molecule has 1 saturated heterocycles. The number of likely N-dealkylation sites (N-methyl/N-ethyl adjacent to an activating group) is 1. The summed E-state index contributed by atoms with van der Waals surface area (Å²) in [6, 6.07) is 10.6. The van der Waals surface area contributed by atoms with Gasteiger partial charge in [-0.15, -0.1) is 11.3 Å². The van der Waals surface area contributed by atoms with Crippen LogP contribution in [0.1, 0.15) is 238 Å². The fourth-order valence-electron chi connectivity index (χ4n) is 13.0. The molecule has 1 aliphatic rings. The third-order valence-electron chi connectivity index (χ3n) is 21.2. The highest BCUT2D eigenvalue weighted by Gasteiger charge is 2.39. The number of aliphatic hydroxyl groups is 5. The van der Waals surface area contributed by atoms with Crippen molar-refractivity contribution >= 4 is 92.3 Å². The smallest absolute Gasteiger partial charge is 0.308 e. The van der Waals surface area contributed by atoms with E-state index in [9.17, 15) is 58.2 Å². The van der Waals surface area contributed by atoms with Gasteiger partial charge in [0.15, 0.2) is 25.2 Å². The predicted molar refractivity (Wildman–Crippen MR) is 506 cm³/mol. The molecule has 0 saturated carbocycles. The number of ether oxygens (including phenoxy) is 13. The number of thiazole rings is 1. The lowest BCUT2D eigenvalue weighted by Crippen LogP contribution is -2.58. The molecule has 0 bridgehead atoms. The summed E-state index contributed by atoms with van der Waals surface area (Å²) >= 11 is 1.31. The number of hydrogen-bond donors (Lipinski definition) is 11. The summed E-state index contributed by atoms with van der Waals surface area (Å²) in [6.07, 6.45) is 6.62. The fourth-order valence-corrected chi connectivity index (χ4v) is 15.6. The predicted octanol–water partition coefficient (Wildman–Crippen LogP) is 9.18. The van der Waals surface area contributed by atoms with E-state index in [1.54, 1.807) is 64.4 Å². The normalized spacial score (nSPS) is 15.7. The number of hydrogen-bond acceptors (Lipinski definition) is 35. The number of piperidine rings is 1. The van der Waals surface area contributed by atoms with E-state index in [2.05, 4.69) is 45.0 Å². The standard InChI is InChI=1S/C55H90N6O13S.C19H30N2O6S2.C12H22O7.C7H16O4/c1-11-26-61(54(68)50(37(7)13-3)59-52(67)44-18-15-16-27-60(44)9)45(36(5)6)32-46(71-28-12-2)53-58-43(35-75-53)51(66)57-40(31-39-21-23-41(63)24-22-39)30-38(8)55(69)72-29-25-56-47(64)19-17-20-48(65)73-34-49(70-10)74-42(14-4)33-62;1-3-15(13-22)27-19(25-2)14-26-18(24)9-6-7-16(23)20-11-12-28-29-17-8-4-5-10-21-17;1-3-9(7-13)19-12(17-2)8-18-11(16)6-4-5-10(14)15;1-3-6(4-8)11-7(5-9)10-2/h21-24,35-38,40,42,44-46,49-50,62-63H,11-20,25-34H2,1-10H3,(H,56,64)(H,57,66)(H,59,67);4-5,8,10,15,19,22H,3,6-7,9,11-14H2,1-2H3,(H,20,23);9,12-13H,3-8H2,1-2H3,(H,14,15);6-9H,3-5H2,1-2H3/t37-,38-,40+,42?,44+,45+,46+,49?,50-;;;/m0.../s1. The number of rotatable bonds is 69. The van der Waals surface area contributed by atoms with Crippen LogP contribution in [0.3, 0.4) is 0 Å². The van der Waals surface area contributed by atoms with Gasteiger partial charge < -0.3 is 123 Å². The highest BCUT2D eigenvalue weighted by atomic mass is 33.1. The number of phenols is 1. The number of aliphatic carboxylic acids is 1. The second-order valence-corrected chi connectivity index (χ2v) is 35.6. The first kappa shape index (κ1) is 125. The lowest BCUT2D eigenvalue weighted by atomic mass is 9.92. The van der Waals surface area contributed by atoms with E-state index in [0.717, 1.165) is 48.6 Å². The second-order valence-electron chi connectivity index (χ2n) is 32.2. The summed E-state index contributed by atoms with van der Waals surface area (Å²) in [6.45, 7) is 22.8. The maximum absolute atomic E-state index is 14.8. The van der Waals surface area contributed by atoms with Gasteiger partial charge in [-0.25, -0.2) is 9.97 Å². The van der Waals surface area contributed by atoms with E-state index in [1.165, 1.54) is 39.8 Å². The number of nitrogens with one attached hydrogen (secondary N) is 4. The first-order valence-corrected chi connectivity index (χ1v) is 49.8. The lowest BCUT2D eigenvalue weighted by Gasteiger charge is -2.40. The van der Waals surface area contributed by atoms with E-state index in [1.807, 2.05) is 85.5 Å². The maximum Gasteiger partial charge on any atom is 0.308 e. The van der Waals surface area contributed by atoms with Crippen LogP contribution in [0, 0.1) is 17.8 Å². The summed E-state index contributed by atoms with van der Waals surface area (Å²) in [5.41, 5.74) is 1.00. The van der Waals surface area contributed by atoms with Crippen molar-refractivity contribution in [1.82, 2.24) is 41.0 Å². The number of pyridine rings is 1. The minimum atomic E-state index is -0.945. The van der Waals surface area contributed by atoms with Crippen LogP contribution >= 0.6 is 32.9 Å². The summed E-state index contributed by atoms with van der Waals surface area (Å²) in [5.74, 6) is -3.85. The molecule has 1 aliphatic heterocycles. The molecule has 15 atom stereocenters. The molecule has 1 fully saturated rings. The molecule has 4 rings (SSSR count). The first-order valence-electron chi connectivity index (χ1n) is 46.6. The number of aliphatic hydroxyl groups excluding tert-OH is 5. The monoisotopic (exact) mass is 1960 g/mol. The molecule has 3 heterocycles. The zero-order valence-corrected chi connectivity index (χ0v) is 84.1. The molecule has 134 heavy (non-hydrogen) atoms. The zero-order chi connectivity index (χ0) is 100. The fraction of sp³-hybridized carbons (Fsp3) is 0.742. The van der Waals surface area contributed by atoms with Crippen molar-refractivity contribution in [2.45, 2.75) is 302 Å². The number of benzene rings is 1. The van der Waals surface area contributed by atoms with E-state index in [4.69, 9.17) is 92.1 Å². The molecule has 0 spiro atoms. The number of aromatic hydroxyl groups is 1. The molecule has 2 aromatic heterocycles. The molecule has 5 amide bonds. The van der Waals surface area contributed by atoms with E-state index in [-0.39, 0.29) is 201 Å². The van der Waals surface area contributed by atoms with Gasteiger partial charge >= 0.3 is 29.8 Å². The van der Waals surface area contributed by atoms with Crippen LogP contribution in [-0.4, -0.2) is 322 Å². The van der Waals surface area contributed by atoms with Gasteiger partial charge in [0.2, 0.25) is 23.6 Å². The highest BCUT2D eigenvalue weighted by molar-refractivity contribution is 8.76. The molecule has 768 valence electrons. The van der Waals surface area contributed by atoms with Crippen molar-refractivity contribution in [2.24, 2.45) is 17.8 Å². The van der Waals surface area contributed by atoms with E-state index >= 15 is 0 Å². The first-order chi connectivity index (χ1) is 64.3. The Balaban J connectivity index is 0.00000122.